The molecule has 1 fully saturated rings. The van der Waals surface area contributed by atoms with Crippen molar-refractivity contribution in [2.45, 2.75) is 39.8 Å². The molecule has 4 rings (SSSR count). The maximum Gasteiger partial charge on any atom is 0.410 e. The minimum Gasteiger partial charge on any atom is -0.444 e. The van der Waals surface area contributed by atoms with E-state index in [1.54, 1.807) is 29.3 Å². The van der Waals surface area contributed by atoms with E-state index in [1.165, 1.54) is 6.92 Å². The number of carbonyl (C=O) groups excluding carboxylic acids is 2. The van der Waals surface area contributed by atoms with Crippen molar-refractivity contribution in [2.75, 3.05) is 31.5 Å². The summed E-state index contributed by atoms with van der Waals surface area (Å²) in [4.78, 5) is 45.3. The summed E-state index contributed by atoms with van der Waals surface area (Å²) in [6, 6.07) is 8.89. The summed E-state index contributed by atoms with van der Waals surface area (Å²) in [5.41, 5.74) is 7.64. The van der Waals surface area contributed by atoms with Crippen molar-refractivity contribution in [1.29, 1.82) is 0 Å². The van der Waals surface area contributed by atoms with Crippen molar-refractivity contribution in [1.82, 2.24) is 24.8 Å². The van der Waals surface area contributed by atoms with E-state index in [0.717, 1.165) is 25.2 Å². The molecule has 0 aliphatic carbocycles. The summed E-state index contributed by atoms with van der Waals surface area (Å²) in [6.07, 6.45) is 1.47. The average molecular weight is 509 g/mol. The molecule has 37 heavy (non-hydrogen) atoms. The Hall–Kier alpha value is -4.19. The number of nitrogens with one attached hydrogen (secondary N) is 2. The van der Waals surface area contributed by atoms with Crippen LogP contribution >= 0.6 is 0 Å². The van der Waals surface area contributed by atoms with Crippen molar-refractivity contribution in [3.05, 3.63) is 47.7 Å². The molecule has 12 heteroatoms. The molecule has 0 unspecified atom stereocenters. The highest BCUT2D eigenvalue weighted by Gasteiger charge is 2.25. The zero-order valence-electron chi connectivity index (χ0n) is 21.4. The minimum absolute atomic E-state index is 0.153. The Kier molecular flexibility index (Phi) is 7.58. The molecular formula is C25H32N8O4. The van der Waals surface area contributed by atoms with E-state index in [4.69, 9.17) is 15.3 Å². The van der Waals surface area contributed by atoms with Gasteiger partial charge >= 0.3 is 12.1 Å². The minimum atomic E-state index is -0.614. The van der Waals surface area contributed by atoms with Crippen LogP contribution in [0.25, 0.3) is 11.0 Å². The molecule has 1 aliphatic rings. The van der Waals surface area contributed by atoms with Gasteiger partial charge in [0, 0.05) is 38.9 Å². The van der Waals surface area contributed by atoms with Crippen LogP contribution in [0.1, 0.15) is 43.6 Å². The second kappa shape index (κ2) is 10.8. The first-order valence-electron chi connectivity index (χ1n) is 12.0. The van der Waals surface area contributed by atoms with Crippen molar-refractivity contribution in [3.63, 3.8) is 0 Å². The third kappa shape index (κ3) is 7.17. The summed E-state index contributed by atoms with van der Waals surface area (Å²) in [6.45, 7) is 10.6. The summed E-state index contributed by atoms with van der Waals surface area (Å²) in [5, 5.41) is 6.67. The third-order valence-electron chi connectivity index (χ3n) is 5.49. The second-order valence-electron chi connectivity index (χ2n) is 9.85. The number of rotatable bonds is 6. The van der Waals surface area contributed by atoms with Crippen LogP contribution in [0.4, 0.5) is 16.6 Å². The molecule has 0 spiro atoms. The Morgan fingerprint density at radius 2 is 1.92 bits per heavy atom. The molecule has 3 heterocycles. The molecule has 0 atom stereocenters. The van der Waals surface area contributed by atoms with Crippen LogP contribution < -0.4 is 11.1 Å². The molecule has 2 aromatic heterocycles. The highest BCUT2D eigenvalue weighted by molar-refractivity contribution is 5.94. The lowest BCUT2D eigenvalue weighted by atomic mass is 10.2. The second-order valence-corrected chi connectivity index (χ2v) is 9.85. The number of aromatic nitrogens is 3. The number of amides is 1. The number of ether oxygens (including phenoxy) is 1. The van der Waals surface area contributed by atoms with Gasteiger partial charge in [0.1, 0.15) is 17.3 Å². The number of hydrogen-bond acceptors (Lipinski definition) is 9. The number of benzene rings is 1. The fraction of sp³-hybridized carbons (Fsp3) is 0.400. The number of fused-ring (bicyclic) bond motifs is 1. The van der Waals surface area contributed by atoms with Crippen LogP contribution in [0.15, 0.2) is 41.7 Å². The topological polar surface area (TPSA) is 151 Å². The molecule has 4 N–H and O–H groups in total. The summed E-state index contributed by atoms with van der Waals surface area (Å²) in [7, 11) is 0. The number of nitrogens with zero attached hydrogens (tertiary/aromatic N) is 5. The van der Waals surface area contributed by atoms with Crippen molar-refractivity contribution < 1.29 is 19.2 Å². The van der Waals surface area contributed by atoms with Gasteiger partial charge in [0.25, 0.3) is 0 Å². The van der Waals surface area contributed by atoms with Gasteiger partial charge in [-0.05, 0) is 63.6 Å². The molecule has 3 aromatic rings. The van der Waals surface area contributed by atoms with Gasteiger partial charge in [-0.25, -0.2) is 19.6 Å². The molecule has 1 aliphatic heterocycles. The van der Waals surface area contributed by atoms with E-state index >= 15 is 0 Å². The SMILES string of the molecule is C/C(N)=N/OC(=O)c1ccc2nc(Nc3cc(CN4CCN(C(=O)OC(C)(C)C)CC4)ccn3)[nH]c2c1. The van der Waals surface area contributed by atoms with Crippen molar-refractivity contribution >= 4 is 40.7 Å². The lowest BCUT2D eigenvalue weighted by Crippen LogP contribution is -2.49. The number of pyridine rings is 1. The zero-order chi connectivity index (χ0) is 26.6. The molecule has 0 radical (unpaired) electrons. The molecular weight excluding hydrogens is 476 g/mol. The molecule has 1 aromatic carbocycles. The van der Waals surface area contributed by atoms with Gasteiger partial charge in [-0.2, -0.15) is 0 Å². The van der Waals surface area contributed by atoms with Crippen LogP contribution in [-0.4, -0.2) is 74.4 Å². The number of amidine groups is 1. The molecule has 1 saturated heterocycles. The van der Waals surface area contributed by atoms with Gasteiger partial charge in [0.2, 0.25) is 5.95 Å². The molecule has 0 bridgehead atoms. The lowest BCUT2D eigenvalue weighted by molar-refractivity contribution is 0.0139. The first kappa shape index (κ1) is 25.9. The van der Waals surface area contributed by atoms with Crippen LogP contribution in [0, 0.1) is 0 Å². The number of hydrogen-bond donors (Lipinski definition) is 3. The maximum absolute atomic E-state index is 12.3. The maximum atomic E-state index is 12.3. The van der Waals surface area contributed by atoms with Crippen molar-refractivity contribution in [2.24, 2.45) is 10.9 Å². The molecule has 1 amide bonds. The summed E-state index contributed by atoms with van der Waals surface area (Å²) >= 11 is 0. The first-order chi connectivity index (χ1) is 17.6. The Bertz CT molecular complexity index is 1300. The summed E-state index contributed by atoms with van der Waals surface area (Å²) in [5.74, 6) is 0.667. The van der Waals surface area contributed by atoms with E-state index in [-0.39, 0.29) is 11.9 Å². The van der Waals surface area contributed by atoms with E-state index < -0.39 is 11.6 Å². The van der Waals surface area contributed by atoms with Gasteiger partial charge in [0.15, 0.2) is 0 Å². The first-order valence-corrected chi connectivity index (χ1v) is 12.0. The van der Waals surface area contributed by atoms with Gasteiger partial charge in [-0.1, -0.05) is 5.16 Å². The van der Waals surface area contributed by atoms with E-state index in [9.17, 15) is 9.59 Å². The number of anilines is 2. The molecule has 12 nitrogen and oxygen atoms in total. The monoisotopic (exact) mass is 508 g/mol. The number of carbonyl (C=O) groups is 2. The number of oxime groups is 1. The van der Waals surface area contributed by atoms with E-state index in [1.807, 2.05) is 32.9 Å². The largest absolute Gasteiger partial charge is 0.444 e. The van der Waals surface area contributed by atoms with Crippen LogP contribution in [0.5, 0.6) is 0 Å². The van der Waals surface area contributed by atoms with Crippen molar-refractivity contribution in [3.8, 4) is 0 Å². The zero-order valence-corrected chi connectivity index (χ0v) is 21.4. The van der Waals surface area contributed by atoms with Gasteiger partial charge in [-0.3, -0.25) is 4.90 Å². The Morgan fingerprint density at radius 1 is 1.16 bits per heavy atom. The Morgan fingerprint density at radius 3 is 2.62 bits per heavy atom. The quantitative estimate of drug-likeness (QED) is 0.197. The van der Waals surface area contributed by atoms with E-state index in [0.29, 0.717) is 41.5 Å². The number of H-pyrrole nitrogens is 1. The number of aromatic amines is 1. The fourth-order valence-electron chi connectivity index (χ4n) is 3.80. The van der Waals surface area contributed by atoms with Gasteiger partial charge < -0.3 is 30.5 Å². The third-order valence-corrected chi connectivity index (χ3v) is 5.49. The van der Waals surface area contributed by atoms with Gasteiger partial charge in [0.05, 0.1) is 16.6 Å². The fourth-order valence-corrected chi connectivity index (χ4v) is 3.80. The number of imidazole rings is 1. The molecule has 0 saturated carbocycles. The molecule has 196 valence electrons. The normalized spacial score (nSPS) is 15.0. The highest BCUT2D eigenvalue weighted by Crippen LogP contribution is 2.20. The van der Waals surface area contributed by atoms with E-state index in [2.05, 4.69) is 30.3 Å². The smallest absolute Gasteiger partial charge is 0.410 e. The Labute approximate surface area is 214 Å². The average Bonchev–Trinajstić information content (AvgIpc) is 3.23. The lowest BCUT2D eigenvalue weighted by Gasteiger charge is -2.35. The van der Waals surface area contributed by atoms with Crippen LogP contribution in [0.3, 0.4) is 0 Å². The van der Waals surface area contributed by atoms with Crippen LogP contribution in [-0.2, 0) is 16.1 Å². The highest BCUT2D eigenvalue weighted by atomic mass is 16.7. The standard InChI is InChI=1S/C25H32N8O4/c1-16(26)31-37-22(34)18-5-6-19-20(14-18)29-23(28-19)30-21-13-17(7-8-27-21)15-32-9-11-33(12-10-32)24(35)36-25(2,3)4/h5-8,13-14H,9-12,15H2,1-4H3,(H2,26,31)(H2,27,28,29,30). The number of piperazine rings is 1. The predicted octanol–water partition coefficient (Wildman–Crippen LogP) is 3.20. The van der Waals surface area contributed by atoms with Crippen LogP contribution in [0.2, 0.25) is 0 Å². The number of nitrogens with two attached hydrogens (primary N) is 1. The summed E-state index contributed by atoms with van der Waals surface area (Å²) < 4.78 is 5.47. The predicted molar refractivity (Wildman–Crippen MR) is 139 cm³/mol. The van der Waals surface area contributed by atoms with Gasteiger partial charge in [-0.15, -0.1) is 0 Å². The Balaban J connectivity index is 1.35.